The van der Waals surface area contributed by atoms with Gasteiger partial charge in [0.05, 0.1) is 13.1 Å². The van der Waals surface area contributed by atoms with Crippen molar-refractivity contribution in [2.75, 3.05) is 31.1 Å². The summed E-state index contributed by atoms with van der Waals surface area (Å²) in [6, 6.07) is 22.5. The topological polar surface area (TPSA) is 117 Å². The second-order valence-electron chi connectivity index (χ2n) is 11.8. The van der Waals surface area contributed by atoms with Gasteiger partial charge in [0, 0.05) is 44.7 Å². The Morgan fingerprint density at radius 2 is 1.70 bits per heavy atom. The van der Waals surface area contributed by atoms with Crippen molar-refractivity contribution in [3.05, 3.63) is 108 Å². The predicted octanol–water partition coefficient (Wildman–Crippen LogP) is 3.26. The molecule has 2 atom stereocenters. The van der Waals surface area contributed by atoms with E-state index in [0.717, 1.165) is 28.8 Å². The maximum Gasteiger partial charge on any atom is 0.334 e. The quantitative estimate of drug-likeness (QED) is 0.354. The lowest BCUT2D eigenvalue weighted by Gasteiger charge is -2.55. The summed E-state index contributed by atoms with van der Waals surface area (Å²) >= 11 is 0. The van der Waals surface area contributed by atoms with Crippen LogP contribution in [0.1, 0.15) is 29.5 Å². The van der Waals surface area contributed by atoms with Crippen LogP contribution in [0.3, 0.4) is 0 Å². The van der Waals surface area contributed by atoms with Gasteiger partial charge in [0.2, 0.25) is 17.7 Å². The Morgan fingerprint density at radius 3 is 2.41 bits per heavy atom. The van der Waals surface area contributed by atoms with Crippen LogP contribution in [0, 0.1) is 0 Å². The first kappa shape index (κ1) is 30.8. The maximum atomic E-state index is 14.3. The minimum Gasteiger partial charge on any atom is -0.508 e. The van der Waals surface area contributed by atoms with Crippen molar-refractivity contribution in [2.24, 2.45) is 0 Å². The van der Waals surface area contributed by atoms with E-state index >= 15 is 0 Å². The Balaban J connectivity index is 1.33. The molecule has 0 aromatic heterocycles. The van der Waals surface area contributed by atoms with Crippen LogP contribution in [-0.4, -0.2) is 87.1 Å². The molecule has 0 saturated carbocycles. The van der Waals surface area contributed by atoms with Gasteiger partial charge in [-0.3, -0.25) is 14.4 Å². The van der Waals surface area contributed by atoms with Gasteiger partial charge in [-0.25, -0.2) is 14.8 Å². The molecular weight excluding hydrogens is 584 g/mol. The van der Waals surface area contributed by atoms with Crippen molar-refractivity contribution >= 4 is 29.4 Å². The number of hydrazine groups is 1. The number of benzene rings is 3. The number of nitrogens with one attached hydrogen (secondary N) is 1. The van der Waals surface area contributed by atoms with Gasteiger partial charge in [-0.15, -0.1) is 6.58 Å². The first-order valence-corrected chi connectivity index (χ1v) is 15.6. The molecule has 3 aliphatic heterocycles. The molecule has 0 bridgehead atoms. The summed E-state index contributed by atoms with van der Waals surface area (Å²) in [7, 11) is 0. The molecular formula is C35H38N6O5. The third-order valence-corrected chi connectivity index (χ3v) is 8.70. The number of phenols is 1. The minimum atomic E-state index is -0.880. The molecule has 5 amide bonds. The normalized spacial score (nSPS) is 20.2. The highest BCUT2D eigenvalue weighted by atomic mass is 16.3. The van der Waals surface area contributed by atoms with E-state index in [0.29, 0.717) is 19.5 Å². The Hall–Kier alpha value is -5.16. The summed E-state index contributed by atoms with van der Waals surface area (Å²) in [6.07, 6.45) is 2.40. The number of urea groups is 1. The Labute approximate surface area is 268 Å². The molecule has 2 N–H and O–H groups in total. The van der Waals surface area contributed by atoms with Gasteiger partial charge < -0.3 is 25.1 Å². The van der Waals surface area contributed by atoms with E-state index in [9.17, 15) is 24.3 Å². The molecule has 3 heterocycles. The lowest BCUT2D eigenvalue weighted by Crippen LogP contribution is -2.76. The van der Waals surface area contributed by atoms with E-state index < -0.39 is 12.2 Å². The molecule has 3 aromatic carbocycles. The number of amides is 5. The number of carbonyl (C=O) groups excluding carboxylic acids is 4. The number of carbonyl (C=O) groups is 4. The van der Waals surface area contributed by atoms with E-state index in [-0.39, 0.29) is 62.1 Å². The molecule has 11 heteroatoms. The number of nitrogens with zero attached hydrogens (tertiary/aromatic N) is 5. The molecule has 238 valence electrons. The van der Waals surface area contributed by atoms with E-state index in [1.165, 1.54) is 0 Å². The third-order valence-electron chi connectivity index (χ3n) is 8.70. The monoisotopic (exact) mass is 622 g/mol. The molecule has 0 aliphatic carbocycles. The van der Waals surface area contributed by atoms with Crippen molar-refractivity contribution in [2.45, 2.75) is 44.6 Å². The highest BCUT2D eigenvalue weighted by Crippen LogP contribution is 2.30. The summed E-state index contributed by atoms with van der Waals surface area (Å²) in [5.41, 5.74) is 3.33. The van der Waals surface area contributed by atoms with E-state index in [1.54, 1.807) is 55.1 Å². The predicted molar refractivity (Wildman–Crippen MR) is 172 cm³/mol. The van der Waals surface area contributed by atoms with Gasteiger partial charge >= 0.3 is 6.03 Å². The minimum absolute atomic E-state index is 0.0796. The fraction of sp³-hybridized carbons (Fsp3) is 0.314. The number of hydrogen-bond acceptors (Lipinski definition) is 6. The van der Waals surface area contributed by atoms with Crippen LogP contribution >= 0.6 is 0 Å². The number of fused-ring (bicyclic) bond motifs is 1. The second-order valence-corrected chi connectivity index (χ2v) is 11.8. The molecule has 3 fully saturated rings. The highest BCUT2D eigenvalue weighted by Gasteiger charge is 2.51. The highest BCUT2D eigenvalue weighted by molar-refractivity contribution is 5.95. The van der Waals surface area contributed by atoms with Gasteiger partial charge in [0.25, 0.3) is 0 Å². The van der Waals surface area contributed by atoms with Crippen LogP contribution in [-0.2, 0) is 33.9 Å². The van der Waals surface area contributed by atoms with Crippen LogP contribution in [0.15, 0.2) is 91.5 Å². The zero-order chi connectivity index (χ0) is 32.2. The van der Waals surface area contributed by atoms with Crippen LogP contribution < -0.4 is 10.2 Å². The zero-order valence-electron chi connectivity index (χ0n) is 25.6. The Kier molecular flexibility index (Phi) is 9.02. The van der Waals surface area contributed by atoms with E-state index in [4.69, 9.17) is 0 Å². The Bertz CT molecular complexity index is 1610. The van der Waals surface area contributed by atoms with Crippen LogP contribution in [0.4, 0.5) is 10.5 Å². The van der Waals surface area contributed by atoms with Gasteiger partial charge in [-0.05, 0) is 47.4 Å². The lowest BCUT2D eigenvalue weighted by atomic mass is 9.98. The number of phenolic OH excluding ortho intramolecular Hbond substituents is 1. The summed E-state index contributed by atoms with van der Waals surface area (Å²) in [5.74, 6) is -0.312. The molecule has 6 rings (SSSR count). The van der Waals surface area contributed by atoms with Crippen LogP contribution in [0.5, 0.6) is 5.75 Å². The third kappa shape index (κ3) is 6.45. The summed E-state index contributed by atoms with van der Waals surface area (Å²) in [4.78, 5) is 59.4. The smallest absolute Gasteiger partial charge is 0.334 e. The maximum absolute atomic E-state index is 14.3. The Morgan fingerprint density at radius 1 is 0.935 bits per heavy atom. The molecule has 0 spiro atoms. The molecule has 3 aromatic rings. The van der Waals surface area contributed by atoms with Crippen LogP contribution in [0.25, 0.3) is 0 Å². The number of aromatic hydroxyl groups is 1. The molecule has 3 aliphatic rings. The van der Waals surface area contributed by atoms with E-state index in [1.807, 2.05) is 54.6 Å². The molecule has 0 unspecified atom stereocenters. The van der Waals surface area contributed by atoms with Crippen molar-refractivity contribution in [1.82, 2.24) is 25.1 Å². The fourth-order valence-electron chi connectivity index (χ4n) is 6.52. The SMILES string of the molecule is C=CCN1CC(=O)N2[C@@H](Cc3ccc(O)cc3)C(=O)N(Cc3cccc(N4CCCC4=O)c3)C[C@@H]2N1C(=O)NCc1ccccc1. The van der Waals surface area contributed by atoms with Crippen molar-refractivity contribution < 1.29 is 24.3 Å². The first-order valence-electron chi connectivity index (χ1n) is 15.6. The van der Waals surface area contributed by atoms with Gasteiger partial charge in [0.1, 0.15) is 18.0 Å². The lowest BCUT2D eigenvalue weighted by molar-refractivity contribution is -0.189. The summed E-state index contributed by atoms with van der Waals surface area (Å²) < 4.78 is 0. The standard InChI is InChI=1S/C35H38N6O5/c1-2-17-38-24-33(44)40-30(20-25-13-15-29(42)16-14-25)34(45)37(22-27-10-6-11-28(19-27)39-18-7-12-32(39)43)23-31(40)41(38)35(46)36-21-26-8-4-3-5-9-26/h2-6,8-11,13-16,19,30-31,42H,1,7,12,17-18,20-24H2,(H,36,46)/t30-,31-/m0/s1. The number of rotatable bonds is 9. The van der Waals surface area contributed by atoms with Gasteiger partial charge in [-0.1, -0.05) is 60.7 Å². The van der Waals surface area contributed by atoms with Crippen LogP contribution in [0.2, 0.25) is 0 Å². The number of hydrogen-bond donors (Lipinski definition) is 2. The zero-order valence-corrected chi connectivity index (χ0v) is 25.6. The average Bonchev–Trinajstić information content (AvgIpc) is 3.49. The van der Waals surface area contributed by atoms with E-state index in [2.05, 4.69) is 11.9 Å². The molecule has 11 nitrogen and oxygen atoms in total. The average molecular weight is 623 g/mol. The van der Waals surface area contributed by atoms with Crippen molar-refractivity contribution in [3.8, 4) is 5.75 Å². The van der Waals surface area contributed by atoms with Crippen molar-refractivity contribution in [3.63, 3.8) is 0 Å². The number of anilines is 1. The largest absolute Gasteiger partial charge is 0.508 e. The fourth-order valence-corrected chi connectivity index (χ4v) is 6.52. The van der Waals surface area contributed by atoms with Crippen molar-refractivity contribution in [1.29, 1.82) is 0 Å². The first-order chi connectivity index (χ1) is 22.3. The van der Waals surface area contributed by atoms with Gasteiger partial charge in [0.15, 0.2) is 0 Å². The molecule has 3 saturated heterocycles. The number of piperazine rings is 1. The molecule has 46 heavy (non-hydrogen) atoms. The molecule has 0 radical (unpaired) electrons. The second kappa shape index (κ2) is 13.5. The van der Waals surface area contributed by atoms with Gasteiger partial charge in [-0.2, -0.15) is 0 Å². The summed E-state index contributed by atoms with van der Waals surface area (Å²) in [6.45, 7) is 5.29. The summed E-state index contributed by atoms with van der Waals surface area (Å²) in [5, 5.41) is 16.1.